The molecule has 2 heterocycles. The number of rotatable bonds is 6. The van der Waals surface area contributed by atoms with Gasteiger partial charge >= 0.3 is 0 Å². The molecule has 0 saturated heterocycles. The first-order valence-electron chi connectivity index (χ1n) is 8.66. The molecule has 4 rings (SSSR count). The number of fused-ring (bicyclic) bond motifs is 4. The molecule has 1 aromatic heterocycles. The lowest BCUT2D eigenvalue weighted by atomic mass is 10.1. The number of hydrogen-bond acceptors (Lipinski definition) is 5. The third kappa shape index (κ3) is 3.26. The first-order valence-corrected chi connectivity index (χ1v) is 9.48. The number of methoxy groups -OCH3 is 1. The van der Waals surface area contributed by atoms with E-state index >= 15 is 0 Å². The molecule has 0 radical (unpaired) electrons. The zero-order valence-corrected chi connectivity index (χ0v) is 15.5. The van der Waals surface area contributed by atoms with Crippen molar-refractivity contribution >= 4 is 33.7 Å². The molecule has 0 saturated carbocycles. The first-order chi connectivity index (χ1) is 12.8. The summed E-state index contributed by atoms with van der Waals surface area (Å²) in [5.41, 5.74) is 8.42. The monoisotopic (exact) mass is 367 g/mol. The quantitative estimate of drug-likeness (QED) is 0.796. The average molecular weight is 367 g/mol. The Morgan fingerprint density at radius 1 is 1.19 bits per heavy atom. The summed E-state index contributed by atoms with van der Waals surface area (Å²) in [7, 11) is 1.66. The van der Waals surface area contributed by atoms with Crippen LogP contribution in [0, 0.1) is 0 Å². The highest BCUT2D eigenvalue weighted by molar-refractivity contribution is 8.11. The third-order valence-corrected chi connectivity index (χ3v) is 5.52. The van der Waals surface area contributed by atoms with Gasteiger partial charge in [0.1, 0.15) is 16.7 Å². The van der Waals surface area contributed by atoms with Crippen molar-refractivity contribution < 1.29 is 13.9 Å². The SMILES string of the molecule is COc1ccc2c3c(oc2c1)=CC=CC1=CC=C(COCCCN)SC=31. The first kappa shape index (κ1) is 17.2. The van der Waals surface area contributed by atoms with E-state index in [1.807, 2.05) is 24.3 Å². The molecule has 2 N–H and O–H groups in total. The Morgan fingerprint density at radius 2 is 2.12 bits per heavy atom. The Hall–Kier alpha value is -2.21. The second-order valence-corrected chi connectivity index (χ2v) is 7.25. The molecule has 1 aliphatic carbocycles. The van der Waals surface area contributed by atoms with Crippen LogP contribution in [0.25, 0.3) is 22.0 Å². The minimum absolute atomic E-state index is 0.602. The summed E-state index contributed by atoms with van der Waals surface area (Å²) in [5, 5.41) is 2.23. The van der Waals surface area contributed by atoms with E-state index in [-0.39, 0.29) is 0 Å². The molecular weight excluding hydrogens is 346 g/mol. The lowest BCUT2D eigenvalue weighted by Crippen LogP contribution is -2.22. The predicted octanol–water partition coefficient (Wildman–Crippen LogP) is 2.82. The molecule has 5 heteroatoms. The molecule has 0 spiro atoms. The standard InChI is InChI=1S/C21H21NO3S/c1-23-15-7-9-17-19(12-15)25-18-5-2-4-14-6-8-16(13-24-11-3-10-22)26-21(14)20(17)18/h2,4-9,12H,3,10-11,13,22H2,1H3. The van der Waals surface area contributed by atoms with Crippen LogP contribution in [0.5, 0.6) is 5.75 Å². The molecule has 4 nitrogen and oxygen atoms in total. The number of ether oxygens (including phenoxy) is 2. The second-order valence-electron chi connectivity index (χ2n) is 6.11. The van der Waals surface area contributed by atoms with Crippen molar-refractivity contribution in [3.05, 3.63) is 63.6 Å². The largest absolute Gasteiger partial charge is 0.497 e. The summed E-state index contributed by atoms with van der Waals surface area (Å²) in [4.78, 5) is 2.39. The summed E-state index contributed by atoms with van der Waals surface area (Å²) in [6.07, 6.45) is 11.3. The van der Waals surface area contributed by atoms with Gasteiger partial charge in [-0.2, -0.15) is 0 Å². The van der Waals surface area contributed by atoms with Crippen molar-refractivity contribution in [3.8, 4) is 5.75 Å². The Bertz CT molecular complexity index is 1040. The van der Waals surface area contributed by atoms with Gasteiger partial charge in [0.2, 0.25) is 0 Å². The van der Waals surface area contributed by atoms with Crippen LogP contribution in [-0.2, 0) is 4.74 Å². The van der Waals surface area contributed by atoms with E-state index in [1.54, 1.807) is 18.9 Å². The van der Waals surface area contributed by atoms with Gasteiger partial charge in [-0.3, -0.25) is 0 Å². The fourth-order valence-corrected chi connectivity index (χ4v) is 4.17. The highest BCUT2D eigenvalue weighted by Crippen LogP contribution is 2.37. The van der Waals surface area contributed by atoms with Crippen LogP contribution in [0.4, 0.5) is 0 Å². The fraction of sp³-hybridized carbons (Fsp3) is 0.238. The molecule has 134 valence electrons. The van der Waals surface area contributed by atoms with E-state index in [1.165, 1.54) is 15.4 Å². The van der Waals surface area contributed by atoms with Gasteiger partial charge < -0.3 is 19.6 Å². The van der Waals surface area contributed by atoms with Gasteiger partial charge in [-0.1, -0.05) is 30.0 Å². The van der Waals surface area contributed by atoms with E-state index in [0.29, 0.717) is 19.8 Å². The summed E-state index contributed by atoms with van der Waals surface area (Å²) in [6, 6.07) is 5.97. The maximum absolute atomic E-state index is 6.10. The van der Waals surface area contributed by atoms with Crippen molar-refractivity contribution in [1.29, 1.82) is 0 Å². The van der Waals surface area contributed by atoms with Crippen LogP contribution in [0.1, 0.15) is 6.42 Å². The molecule has 2 aromatic rings. The third-order valence-electron chi connectivity index (χ3n) is 4.36. The highest BCUT2D eigenvalue weighted by Gasteiger charge is 2.18. The highest BCUT2D eigenvalue weighted by atomic mass is 32.2. The molecule has 2 aliphatic rings. The average Bonchev–Trinajstić information content (AvgIpc) is 2.93. The van der Waals surface area contributed by atoms with Gasteiger partial charge in [0.05, 0.1) is 13.7 Å². The fourth-order valence-electron chi connectivity index (χ4n) is 3.06. The molecule has 0 fully saturated rings. The Kier molecular flexibility index (Phi) is 5.02. The molecular formula is C21H21NO3S. The van der Waals surface area contributed by atoms with Gasteiger partial charge in [-0.15, -0.1) is 0 Å². The van der Waals surface area contributed by atoms with Crippen LogP contribution in [-0.4, -0.2) is 26.9 Å². The van der Waals surface area contributed by atoms with Crippen LogP contribution in [0.2, 0.25) is 0 Å². The summed E-state index contributed by atoms with van der Waals surface area (Å²) in [5.74, 6) is 0.794. The minimum atomic E-state index is 0.602. The van der Waals surface area contributed by atoms with Crippen molar-refractivity contribution in [1.82, 2.24) is 0 Å². The van der Waals surface area contributed by atoms with Crippen LogP contribution < -0.4 is 21.1 Å². The van der Waals surface area contributed by atoms with Crippen molar-refractivity contribution in [2.45, 2.75) is 6.42 Å². The maximum atomic E-state index is 6.10. The second kappa shape index (κ2) is 7.58. The number of furan rings is 1. The molecule has 0 bridgehead atoms. The van der Waals surface area contributed by atoms with E-state index in [2.05, 4.69) is 24.3 Å². The van der Waals surface area contributed by atoms with Crippen molar-refractivity contribution in [3.63, 3.8) is 0 Å². The number of thioether (sulfide) groups is 1. The van der Waals surface area contributed by atoms with Gasteiger partial charge in [0.25, 0.3) is 0 Å². The molecule has 0 amide bonds. The predicted molar refractivity (Wildman–Crippen MR) is 107 cm³/mol. The summed E-state index contributed by atoms with van der Waals surface area (Å²) >= 11 is 1.75. The Morgan fingerprint density at radius 3 is 2.96 bits per heavy atom. The number of benzene rings is 1. The maximum Gasteiger partial charge on any atom is 0.139 e. The van der Waals surface area contributed by atoms with Crippen LogP contribution in [0.15, 0.2) is 57.4 Å². The van der Waals surface area contributed by atoms with E-state index < -0.39 is 0 Å². The lowest BCUT2D eigenvalue weighted by Gasteiger charge is -2.15. The van der Waals surface area contributed by atoms with E-state index in [4.69, 9.17) is 19.6 Å². The topological polar surface area (TPSA) is 57.6 Å². The van der Waals surface area contributed by atoms with Crippen molar-refractivity contribution in [2.75, 3.05) is 26.9 Å². The Labute approximate surface area is 156 Å². The zero-order chi connectivity index (χ0) is 17.9. The number of hydrogen-bond donors (Lipinski definition) is 1. The Balaban J connectivity index is 1.78. The van der Waals surface area contributed by atoms with E-state index in [0.717, 1.165) is 33.8 Å². The molecule has 1 aliphatic heterocycles. The summed E-state index contributed by atoms with van der Waals surface area (Å²) in [6.45, 7) is 1.94. The zero-order valence-electron chi connectivity index (χ0n) is 14.7. The van der Waals surface area contributed by atoms with Crippen molar-refractivity contribution in [2.24, 2.45) is 5.73 Å². The molecule has 0 unspecified atom stereocenters. The molecule has 26 heavy (non-hydrogen) atoms. The normalized spacial score (nSPS) is 15.7. The number of nitrogens with two attached hydrogens (primary N) is 1. The number of allylic oxidation sites excluding steroid dienone is 4. The van der Waals surface area contributed by atoms with Gasteiger partial charge in [0, 0.05) is 33.1 Å². The van der Waals surface area contributed by atoms with Crippen LogP contribution >= 0.6 is 11.8 Å². The minimum Gasteiger partial charge on any atom is -0.497 e. The van der Waals surface area contributed by atoms with E-state index in [9.17, 15) is 0 Å². The lowest BCUT2D eigenvalue weighted by molar-refractivity contribution is 0.159. The molecule has 1 aromatic carbocycles. The summed E-state index contributed by atoms with van der Waals surface area (Å²) < 4.78 is 17.2. The van der Waals surface area contributed by atoms with Crippen LogP contribution in [0.3, 0.4) is 0 Å². The van der Waals surface area contributed by atoms with Gasteiger partial charge in [-0.05, 0) is 42.8 Å². The smallest absolute Gasteiger partial charge is 0.139 e. The molecule has 0 atom stereocenters. The van der Waals surface area contributed by atoms with Gasteiger partial charge in [-0.25, -0.2) is 0 Å². The van der Waals surface area contributed by atoms with Gasteiger partial charge in [0.15, 0.2) is 0 Å².